The summed E-state index contributed by atoms with van der Waals surface area (Å²) >= 11 is 0. The Labute approximate surface area is 105 Å². The summed E-state index contributed by atoms with van der Waals surface area (Å²) in [6, 6.07) is 8.15. The molecule has 0 radical (unpaired) electrons. The quantitative estimate of drug-likeness (QED) is 0.769. The summed E-state index contributed by atoms with van der Waals surface area (Å²) in [6.07, 6.45) is 3.41. The van der Waals surface area contributed by atoms with Crippen LogP contribution in [0.3, 0.4) is 0 Å². The zero-order valence-corrected chi connectivity index (χ0v) is 10.5. The van der Waals surface area contributed by atoms with Gasteiger partial charge in [0.05, 0.1) is 12.2 Å². The second-order valence-corrected chi connectivity index (χ2v) is 5.44. The average Bonchev–Trinajstić information content (AvgIpc) is 2.82. The molecule has 0 unspecified atom stereocenters. The first-order valence-electron chi connectivity index (χ1n) is 5.41. The minimum absolute atomic E-state index is 0.102. The van der Waals surface area contributed by atoms with E-state index in [4.69, 9.17) is 5.73 Å². The molecular formula is C11H14N4O2S. The molecule has 96 valence electrons. The molecule has 2 rings (SSSR count). The highest BCUT2D eigenvalue weighted by Gasteiger charge is 2.15. The third-order valence-electron chi connectivity index (χ3n) is 2.40. The number of nitrogens with one attached hydrogen (secondary N) is 1. The van der Waals surface area contributed by atoms with Gasteiger partial charge in [-0.2, -0.15) is 5.10 Å². The Kier molecular flexibility index (Phi) is 3.63. The maximum absolute atomic E-state index is 12.0. The summed E-state index contributed by atoms with van der Waals surface area (Å²) in [6.45, 7) is 0.733. The van der Waals surface area contributed by atoms with Crippen LogP contribution in [-0.2, 0) is 16.6 Å². The molecule has 0 aliphatic heterocycles. The third-order valence-corrected chi connectivity index (χ3v) is 3.94. The van der Waals surface area contributed by atoms with Crippen LogP contribution >= 0.6 is 0 Å². The zero-order chi connectivity index (χ0) is 13.0. The predicted octanol–water partition coefficient (Wildman–Crippen LogP) is 0.444. The number of hydrogen-bond donors (Lipinski definition) is 2. The topological polar surface area (TPSA) is 90.0 Å². The van der Waals surface area contributed by atoms with E-state index in [1.807, 2.05) is 0 Å². The molecule has 2 aromatic rings. The lowest BCUT2D eigenvalue weighted by Crippen LogP contribution is -2.28. The van der Waals surface area contributed by atoms with Gasteiger partial charge in [-0.15, -0.1) is 0 Å². The number of sulfonamides is 1. The minimum Gasteiger partial charge on any atom is -0.398 e. The summed E-state index contributed by atoms with van der Waals surface area (Å²) in [4.78, 5) is 0.102. The van der Waals surface area contributed by atoms with E-state index in [0.29, 0.717) is 6.54 Å². The van der Waals surface area contributed by atoms with Crippen molar-refractivity contribution in [2.75, 3.05) is 12.3 Å². The molecule has 7 heteroatoms. The number of nitrogens with two attached hydrogens (primary N) is 1. The Hall–Kier alpha value is -1.86. The van der Waals surface area contributed by atoms with E-state index in [1.54, 1.807) is 41.3 Å². The summed E-state index contributed by atoms with van der Waals surface area (Å²) in [7, 11) is -3.56. The standard InChI is InChI=1S/C11H14N4O2S/c12-10-4-1-2-5-11(10)18(16,17)14-7-9-15-8-3-6-13-15/h1-6,8,14H,7,9,12H2. The Morgan fingerprint density at radius 3 is 2.72 bits per heavy atom. The summed E-state index contributed by atoms with van der Waals surface area (Å²) in [5.41, 5.74) is 5.88. The lowest BCUT2D eigenvalue weighted by atomic mass is 10.3. The minimum atomic E-state index is -3.56. The van der Waals surface area contributed by atoms with Crippen molar-refractivity contribution in [1.82, 2.24) is 14.5 Å². The number of hydrogen-bond acceptors (Lipinski definition) is 4. The van der Waals surface area contributed by atoms with E-state index in [9.17, 15) is 8.42 Å². The Balaban J connectivity index is 2.02. The average molecular weight is 266 g/mol. The molecule has 0 aliphatic rings. The molecule has 1 aromatic heterocycles. The largest absolute Gasteiger partial charge is 0.398 e. The van der Waals surface area contributed by atoms with Gasteiger partial charge in [-0.3, -0.25) is 4.68 Å². The van der Waals surface area contributed by atoms with Gasteiger partial charge in [-0.1, -0.05) is 12.1 Å². The first-order chi connectivity index (χ1) is 8.59. The molecule has 18 heavy (non-hydrogen) atoms. The Bertz CT molecular complexity index is 608. The van der Waals surface area contributed by atoms with Gasteiger partial charge < -0.3 is 5.73 Å². The second kappa shape index (κ2) is 5.19. The maximum atomic E-state index is 12.0. The maximum Gasteiger partial charge on any atom is 0.242 e. The van der Waals surface area contributed by atoms with Crippen molar-refractivity contribution >= 4 is 15.7 Å². The van der Waals surface area contributed by atoms with Crippen LogP contribution < -0.4 is 10.5 Å². The zero-order valence-electron chi connectivity index (χ0n) is 9.65. The number of anilines is 1. The highest BCUT2D eigenvalue weighted by Crippen LogP contribution is 2.16. The van der Waals surface area contributed by atoms with Crippen molar-refractivity contribution in [3.05, 3.63) is 42.7 Å². The summed E-state index contributed by atoms with van der Waals surface area (Å²) < 4.78 is 28.1. The van der Waals surface area contributed by atoms with Gasteiger partial charge in [-0.05, 0) is 18.2 Å². The molecule has 0 fully saturated rings. The van der Waals surface area contributed by atoms with E-state index in [-0.39, 0.29) is 17.1 Å². The van der Waals surface area contributed by atoms with Crippen LogP contribution in [0.5, 0.6) is 0 Å². The van der Waals surface area contributed by atoms with E-state index in [2.05, 4.69) is 9.82 Å². The summed E-state index contributed by atoms with van der Waals surface area (Å²) in [5.74, 6) is 0. The smallest absolute Gasteiger partial charge is 0.242 e. The van der Waals surface area contributed by atoms with Crippen molar-refractivity contribution in [1.29, 1.82) is 0 Å². The van der Waals surface area contributed by atoms with E-state index in [0.717, 1.165) is 0 Å². The molecule has 0 saturated heterocycles. The number of para-hydroxylation sites is 1. The first kappa shape index (κ1) is 12.6. The molecule has 0 atom stereocenters. The second-order valence-electron chi connectivity index (χ2n) is 3.70. The van der Waals surface area contributed by atoms with Gasteiger partial charge in [0, 0.05) is 18.9 Å². The number of rotatable bonds is 5. The van der Waals surface area contributed by atoms with Crippen molar-refractivity contribution in [2.24, 2.45) is 0 Å². The predicted molar refractivity (Wildman–Crippen MR) is 68.3 cm³/mol. The van der Waals surface area contributed by atoms with Gasteiger partial charge in [0.2, 0.25) is 10.0 Å². The normalized spacial score (nSPS) is 11.6. The molecule has 0 saturated carbocycles. The third kappa shape index (κ3) is 2.88. The fraction of sp³-hybridized carbons (Fsp3) is 0.182. The Morgan fingerprint density at radius 2 is 2.06 bits per heavy atom. The SMILES string of the molecule is Nc1ccccc1S(=O)(=O)NCCn1cccn1. The fourth-order valence-corrected chi connectivity index (χ4v) is 2.68. The van der Waals surface area contributed by atoms with Crippen LogP contribution in [0.25, 0.3) is 0 Å². The van der Waals surface area contributed by atoms with Crippen molar-refractivity contribution < 1.29 is 8.42 Å². The highest BCUT2D eigenvalue weighted by molar-refractivity contribution is 7.89. The van der Waals surface area contributed by atoms with Crippen LogP contribution in [0.2, 0.25) is 0 Å². The molecule has 3 N–H and O–H groups in total. The molecule has 6 nitrogen and oxygen atoms in total. The Morgan fingerprint density at radius 1 is 1.28 bits per heavy atom. The van der Waals surface area contributed by atoms with Gasteiger partial charge in [0.15, 0.2) is 0 Å². The fourth-order valence-electron chi connectivity index (χ4n) is 1.53. The van der Waals surface area contributed by atoms with Gasteiger partial charge in [-0.25, -0.2) is 13.1 Å². The molecule has 0 aliphatic carbocycles. The van der Waals surface area contributed by atoms with Crippen LogP contribution in [-0.4, -0.2) is 24.7 Å². The van der Waals surface area contributed by atoms with Gasteiger partial charge in [0.25, 0.3) is 0 Å². The number of nitrogen functional groups attached to an aromatic ring is 1. The molecule has 0 amide bonds. The number of aromatic nitrogens is 2. The van der Waals surface area contributed by atoms with Crippen molar-refractivity contribution in [3.8, 4) is 0 Å². The molecule has 0 spiro atoms. The molecule has 0 bridgehead atoms. The van der Waals surface area contributed by atoms with Crippen LogP contribution in [0.4, 0.5) is 5.69 Å². The van der Waals surface area contributed by atoms with Crippen LogP contribution in [0, 0.1) is 0 Å². The van der Waals surface area contributed by atoms with Crippen LogP contribution in [0.15, 0.2) is 47.6 Å². The lowest BCUT2D eigenvalue weighted by molar-refractivity contribution is 0.561. The lowest BCUT2D eigenvalue weighted by Gasteiger charge is -2.08. The van der Waals surface area contributed by atoms with Crippen molar-refractivity contribution in [2.45, 2.75) is 11.4 Å². The number of nitrogens with zero attached hydrogens (tertiary/aromatic N) is 2. The number of benzene rings is 1. The highest BCUT2D eigenvalue weighted by atomic mass is 32.2. The van der Waals surface area contributed by atoms with Crippen LogP contribution in [0.1, 0.15) is 0 Å². The first-order valence-corrected chi connectivity index (χ1v) is 6.89. The van der Waals surface area contributed by atoms with Gasteiger partial charge >= 0.3 is 0 Å². The summed E-state index contributed by atoms with van der Waals surface area (Å²) in [5, 5.41) is 3.98. The van der Waals surface area contributed by atoms with E-state index < -0.39 is 10.0 Å². The van der Waals surface area contributed by atoms with Crippen molar-refractivity contribution in [3.63, 3.8) is 0 Å². The van der Waals surface area contributed by atoms with E-state index in [1.165, 1.54) is 6.07 Å². The van der Waals surface area contributed by atoms with E-state index >= 15 is 0 Å². The molecular weight excluding hydrogens is 252 g/mol. The van der Waals surface area contributed by atoms with Gasteiger partial charge in [0.1, 0.15) is 4.90 Å². The monoisotopic (exact) mass is 266 g/mol. The molecule has 1 aromatic carbocycles. The molecule has 1 heterocycles.